The lowest BCUT2D eigenvalue weighted by atomic mass is 10.0. The number of nitrogens with one attached hydrogen (secondary N) is 3. The molecule has 0 aliphatic rings. The largest absolute Gasteiger partial charge is 0.480 e. The Morgan fingerprint density at radius 2 is 1.36 bits per heavy atom. The van der Waals surface area contributed by atoms with Crippen LogP contribution in [0.2, 0.25) is 0 Å². The summed E-state index contributed by atoms with van der Waals surface area (Å²) in [6.45, 7) is 5.94. The molecule has 0 aromatic rings. The van der Waals surface area contributed by atoms with Crippen molar-refractivity contribution in [2.45, 2.75) is 45.8 Å². The number of carbonyl (C=O) groups is 4. The Labute approximate surface area is 129 Å². The molecule has 6 N–H and O–H groups in total. The van der Waals surface area contributed by atoms with Crippen LogP contribution in [0.15, 0.2) is 0 Å². The highest BCUT2D eigenvalue weighted by Gasteiger charge is 2.27. The third-order valence-corrected chi connectivity index (χ3v) is 2.94. The lowest BCUT2D eigenvalue weighted by Gasteiger charge is -2.22. The van der Waals surface area contributed by atoms with E-state index in [9.17, 15) is 19.2 Å². The summed E-state index contributed by atoms with van der Waals surface area (Å²) in [7, 11) is 0. The van der Waals surface area contributed by atoms with E-state index in [2.05, 4.69) is 16.0 Å². The number of hydrogen-bond acceptors (Lipinski definition) is 5. The van der Waals surface area contributed by atoms with Gasteiger partial charge in [-0.1, -0.05) is 13.8 Å². The van der Waals surface area contributed by atoms with Gasteiger partial charge in [-0.3, -0.25) is 14.4 Å². The number of rotatable bonds is 8. The molecule has 9 nitrogen and oxygen atoms in total. The summed E-state index contributed by atoms with van der Waals surface area (Å²) in [6.07, 6.45) is 0. The number of carbonyl (C=O) groups excluding carboxylic acids is 3. The van der Waals surface area contributed by atoms with Crippen molar-refractivity contribution in [3.63, 3.8) is 0 Å². The fourth-order valence-corrected chi connectivity index (χ4v) is 1.56. The molecule has 0 unspecified atom stereocenters. The van der Waals surface area contributed by atoms with Gasteiger partial charge in [0.05, 0.1) is 6.54 Å². The highest BCUT2D eigenvalue weighted by atomic mass is 16.4. The first kappa shape index (κ1) is 19.8. The van der Waals surface area contributed by atoms with E-state index in [1.807, 2.05) is 0 Å². The molecule has 126 valence electrons. The summed E-state index contributed by atoms with van der Waals surface area (Å²) >= 11 is 0. The monoisotopic (exact) mass is 316 g/mol. The van der Waals surface area contributed by atoms with Crippen molar-refractivity contribution < 1.29 is 24.3 Å². The van der Waals surface area contributed by atoms with Crippen molar-refractivity contribution in [1.29, 1.82) is 0 Å². The van der Waals surface area contributed by atoms with E-state index in [0.29, 0.717) is 0 Å². The van der Waals surface area contributed by atoms with Crippen LogP contribution in [0.25, 0.3) is 0 Å². The Hall–Kier alpha value is -2.16. The maximum absolute atomic E-state index is 11.9. The van der Waals surface area contributed by atoms with Gasteiger partial charge < -0.3 is 26.8 Å². The van der Waals surface area contributed by atoms with E-state index < -0.39 is 41.8 Å². The van der Waals surface area contributed by atoms with E-state index in [4.69, 9.17) is 10.8 Å². The number of amides is 3. The van der Waals surface area contributed by atoms with Crippen molar-refractivity contribution >= 4 is 23.7 Å². The summed E-state index contributed by atoms with van der Waals surface area (Å²) in [5.41, 5.74) is 5.12. The smallest absolute Gasteiger partial charge is 0.326 e. The molecule has 0 heterocycles. The Morgan fingerprint density at radius 3 is 1.77 bits per heavy atom. The topological polar surface area (TPSA) is 151 Å². The SMILES string of the molecule is CC(C)[C@H](NC(=O)[C@H](C)NC(=O)[C@H](C)NC(=O)CN)C(=O)O. The van der Waals surface area contributed by atoms with Crippen LogP contribution >= 0.6 is 0 Å². The zero-order valence-electron chi connectivity index (χ0n) is 13.2. The van der Waals surface area contributed by atoms with Gasteiger partial charge in [0.2, 0.25) is 17.7 Å². The Bertz CT molecular complexity index is 438. The molecule has 9 heteroatoms. The lowest BCUT2D eigenvalue weighted by Crippen LogP contribution is -2.55. The van der Waals surface area contributed by atoms with E-state index in [-0.39, 0.29) is 12.5 Å². The summed E-state index contributed by atoms with van der Waals surface area (Å²) in [5, 5.41) is 16.1. The number of aliphatic carboxylic acids is 1. The van der Waals surface area contributed by atoms with Gasteiger partial charge in [-0.2, -0.15) is 0 Å². The van der Waals surface area contributed by atoms with Crippen LogP contribution in [0.5, 0.6) is 0 Å². The zero-order chi connectivity index (χ0) is 17.4. The van der Waals surface area contributed by atoms with Crippen molar-refractivity contribution in [1.82, 2.24) is 16.0 Å². The molecule has 0 aromatic carbocycles. The van der Waals surface area contributed by atoms with Crippen molar-refractivity contribution in [2.24, 2.45) is 11.7 Å². The van der Waals surface area contributed by atoms with E-state index >= 15 is 0 Å². The lowest BCUT2D eigenvalue weighted by molar-refractivity contribution is -0.143. The van der Waals surface area contributed by atoms with Crippen LogP contribution in [0.4, 0.5) is 0 Å². The minimum absolute atomic E-state index is 0.248. The van der Waals surface area contributed by atoms with E-state index in [1.54, 1.807) is 13.8 Å². The predicted octanol–water partition coefficient (Wildman–Crippen LogP) is -1.82. The quantitative estimate of drug-likeness (QED) is 0.356. The van der Waals surface area contributed by atoms with Gasteiger partial charge in [-0.25, -0.2) is 4.79 Å². The Kier molecular flexibility index (Phi) is 8.10. The van der Waals surface area contributed by atoms with Gasteiger partial charge in [0, 0.05) is 0 Å². The Balaban J connectivity index is 4.55. The summed E-state index contributed by atoms with van der Waals surface area (Å²) in [6, 6.07) is -2.83. The molecule has 0 radical (unpaired) electrons. The van der Waals surface area contributed by atoms with Gasteiger partial charge in [0.1, 0.15) is 18.1 Å². The zero-order valence-corrected chi connectivity index (χ0v) is 13.2. The van der Waals surface area contributed by atoms with Crippen molar-refractivity contribution in [3.8, 4) is 0 Å². The number of carboxylic acid groups (broad SMARTS) is 1. The van der Waals surface area contributed by atoms with Gasteiger partial charge in [0.15, 0.2) is 0 Å². The van der Waals surface area contributed by atoms with Crippen molar-refractivity contribution in [3.05, 3.63) is 0 Å². The molecule has 0 rings (SSSR count). The average Bonchev–Trinajstić information content (AvgIpc) is 2.42. The first-order chi connectivity index (χ1) is 10.1. The number of hydrogen-bond donors (Lipinski definition) is 5. The van der Waals surface area contributed by atoms with Crippen LogP contribution < -0.4 is 21.7 Å². The summed E-state index contributed by atoms with van der Waals surface area (Å²) in [5.74, 6) is -3.13. The molecule has 0 spiro atoms. The van der Waals surface area contributed by atoms with Gasteiger partial charge in [-0.05, 0) is 19.8 Å². The van der Waals surface area contributed by atoms with Gasteiger partial charge in [0.25, 0.3) is 0 Å². The maximum Gasteiger partial charge on any atom is 0.326 e. The Morgan fingerprint density at radius 1 is 0.909 bits per heavy atom. The van der Waals surface area contributed by atoms with Gasteiger partial charge in [-0.15, -0.1) is 0 Å². The molecule has 3 atom stereocenters. The molecule has 0 aliphatic heterocycles. The number of carboxylic acids is 1. The first-order valence-corrected chi connectivity index (χ1v) is 6.93. The molecule has 3 amide bonds. The molecule has 0 aliphatic carbocycles. The third-order valence-electron chi connectivity index (χ3n) is 2.94. The predicted molar refractivity (Wildman–Crippen MR) is 78.7 cm³/mol. The van der Waals surface area contributed by atoms with Gasteiger partial charge >= 0.3 is 5.97 Å². The normalized spacial score (nSPS) is 14.6. The van der Waals surface area contributed by atoms with Crippen molar-refractivity contribution in [2.75, 3.05) is 6.54 Å². The minimum Gasteiger partial charge on any atom is -0.480 e. The van der Waals surface area contributed by atoms with Crippen LogP contribution in [0.1, 0.15) is 27.7 Å². The summed E-state index contributed by atoms with van der Waals surface area (Å²) in [4.78, 5) is 45.8. The second-order valence-electron chi connectivity index (χ2n) is 5.29. The first-order valence-electron chi connectivity index (χ1n) is 6.93. The van der Waals surface area contributed by atoms with E-state index in [1.165, 1.54) is 13.8 Å². The molecule has 22 heavy (non-hydrogen) atoms. The minimum atomic E-state index is -1.15. The molecule has 0 saturated heterocycles. The molecule has 0 aromatic heterocycles. The second kappa shape index (κ2) is 8.98. The fraction of sp³-hybridized carbons (Fsp3) is 0.692. The average molecular weight is 316 g/mol. The number of nitrogens with two attached hydrogens (primary N) is 1. The maximum atomic E-state index is 11.9. The second-order valence-corrected chi connectivity index (χ2v) is 5.29. The van der Waals surface area contributed by atoms with E-state index in [0.717, 1.165) is 0 Å². The standard InChI is InChI=1S/C13H24N4O5/c1-6(2)10(13(21)22)17-12(20)8(4)16-11(19)7(3)15-9(18)5-14/h6-8,10H,5,14H2,1-4H3,(H,15,18)(H,16,19)(H,17,20)(H,21,22)/t7-,8-,10-/m0/s1. The highest BCUT2D eigenvalue weighted by molar-refractivity contribution is 5.93. The van der Waals surface area contributed by atoms with Crippen LogP contribution in [-0.2, 0) is 19.2 Å². The highest BCUT2D eigenvalue weighted by Crippen LogP contribution is 2.02. The molecular formula is C13H24N4O5. The molecule has 0 bridgehead atoms. The summed E-state index contributed by atoms with van der Waals surface area (Å²) < 4.78 is 0. The molecule has 0 fully saturated rings. The molecule has 0 saturated carbocycles. The van der Waals surface area contributed by atoms with Crippen LogP contribution in [-0.4, -0.2) is 53.5 Å². The van der Waals surface area contributed by atoms with Crippen LogP contribution in [0.3, 0.4) is 0 Å². The fourth-order valence-electron chi connectivity index (χ4n) is 1.56. The third kappa shape index (κ3) is 6.53. The van der Waals surface area contributed by atoms with Crippen LogP contribution in [0, 0.1) is 5.92 Å². The molecular weight excluding hydrogens is 292 g/mol.